The fourth-order valence-corrected chi connectivity index (χ4v) is 3.27. The lowest BCUT2D eigenvalue weighted by Crippen LogP contribution is -2.46. The summed E-state index contributed by atoms with van der Waals surface area (Å²) >= 11 is 0. The molecule has 1 fully saturated rings. The Balaban J connectivity index is 1.51. The summed E-state index contributed by atoms with van der Waals surface area (Å²) in [6.45, 7) is 1.52. The van der Waals surface area contributed by atoms with Crippen molar-refractivity contribution in [1.82, 2.24) is 10.6 Å². The van der Waals surface area contributed by atoms with Crippen LogP contribution in [0.5, 0.6) is 0 Å². The average molecular weight is 355 g/mol. The highest BCUT2D eigenvalue weighted by molar-refractivity contribution is 5.80. The van der Waals surface area contributed by atoms with Gasteiger partial charge in [0.05, 0.1) is 12.4 Å². The van der Waals surface area contributed by atoms with Crippen LogP contribution >= 0.6 is 0 Å². The molecule has 0 spiro atoms. The van der Waals surface area contributed by atoms with Crippen LogP contribution in [-0.4, -0.2) is 36.3 Å². The van der Waals surface area contributed by atoms with Gasteiger partial charge in [-0.05, 0) is 49.8 Å². The first kappa shape index (κ1) is 18.5. The van der Waals surface area contributed by atoms with E-state index in [4.69, 9.17) is 9.41 Å². The summed E-state index contributed by atoms with van der Waals surface area (Å²) < 4.78 is 5.38. The van der Waals surface area contributed by atoms with Gasteiger partial charge in [-0.15, -0.1) is 0 Å². The van der Waals surface area contributed by atoms with Gasteiger partial charge in [0.2, 0.25) is 0 Å². The second-order valence-corrected chi connectivity index (χ2v) is 6.87. The van der Waals surface area contributed by atoms with E-state index in [9.17, 15) is 5.11 Å². The highest BCUT2D eigenvalue weighted by Gasteiger charge is 2.20. The first-order valence-electron chi connectivity index (χ1n) is 9.59. The van der Waals surface area contributed by atoms with Crippen molar-refractivity contribution in [3.63, 3.8) is 0 Å². The molecule has 3 N–H and O–H groups in total. The number of rotatable bonds is 7. The molecule has 0 unspecified atom stereocenters. The van der Waals surface area contributed by atoms with E-state index in [-0.39, 0.29) is 6.10 Å². The number of furan rings is 1. The van der Waals surface area contributed by atoms with E-state index in [0.29, 0.717) is 12.6 Å². The zero-order valence-electron chi connectivity index (χ0n) is 15.2. The highest BCUT2D eigenvalue weighted by Crippen LogP contribution is 2.18. The Hall–Kier alpha value is -2.27. The van der Waals surface area contributed by atoms with Crippen LogP contribution in [0.15, 0.2) is 58.1 Å². The number of hydrogen-bond acceptors (Lipinski definition) is 3. The van der Waals surface area contributed by atoms with Crippen LogP contribution in [0.2, 0.25) is 0 Å². The van der Waals surface area contributed by atoms with Crippen molar-refractivity contribution in [2.45, 2.75) is 50.7 Å². The molecule has 0 saturated heterocycles. The Morgan fingerprint density at radius 1 is 1.04 bits per heavy atom. The van der Waals surface area contributed by atoms with Crippen LogP contribution in [-0.2, 0) is 12.8 Å². The van der Waals surface area contributed by atoms with Gasteiger partial charge in [-0.3, -0.25) is 4.99 Å². The lowest BCUT2D eigenvalue weighted by Gasteiger charge is -2.27. The molecule has 2 aromatic rings. The summed E-state index contributed by atoms with van der Waals surface area (Å²) in [6, 6.07) is 14.7. The predicted octanol–water partition coefficient (Wildman–Crippen LogP) is 2.90. The number of nitrogens with zero attached hydrogens (tertiary/aromatic N) is 1. The molecule has 1 saturated carbocycles. The van der Waals surface area contributed by atoms with Gasteiger partial charge in [0.25, 0.3) is 0 Å². The topological polar surface area (TPSA) is 69.8 Å². The summed E-state index contributed by atoms with van der Waals surface area (Å²) in [5.74, 6) is 1.81. The van der Waals surface area contributed by atoms with Crippen molar-refractivity contribution >= 4 is 5.96 Å². The maximum atomic E-state index is 9.69. The summed E-state index contributed by atoms with van der Waals surface area (Å²) in [6.07, 6.45) is 7.01. The molecule has 140 valence electrons. The average Bonchev–Trinajstić information content (AvgIpc) is 3.18. The molecular weight excluding hydrogens is 326 g/mol. The normalized spacial score (nSPS) is 20.7. The third-order valence-electron chi connectivity index (χ3n) is 4.79. The second kappa shape index (κ2) is 10.0. The van der Waals surface area contributed by atoms with E-state index in [2.05, 4.69) is 34.9 Å². The first-order valence-corrected chi connectivity index (χ1v) is 9.59. The SMILES string of the molecule is OC1CCC(NC(=NCCc2ccco2)NCCc2ccccc2)CC1. The monoisotopic (exact) mass is 355 g/mol. The maximum Gasteiger partial charge on any atom is 0.191 e. The van der Waals surface area contributed by atoms with Crippen molar-refractivity contribution in [1.29, 1.82) is 0 Å². The van der Waals surface area contributed by atoms with E-state index < -0.39 is 0 Å². The number of guanidine groups is 1. The largest absolute Gasteiger partial charge is 0.469 e. The minimum atomic E-state index is -0.140. The number of aliphatic hydroxyl groups is 1. The Morgan fingerprint density at radius 2 is 1.85 bits per heavy atom. The number of aliphatic imine (C=N–C) groups is 1. The van der Waals surface area contributed by atoms with E-state index in [1.165, 1.54) is 5.56 Å². The van der Waals surface area contributed by atoms with Crippen LogP contribution in [0.3, 0.4) is 0 Å². The molecule has 1 aromatic heterocycles. The van der Waals surface area contributed by atoms with Gasteiger partial charge in [0.15, 0.2) is 5.96 Å². The third-order valence-corrected chi connectivity index (χ3v) is 4.79. The molecule has 0 amide bonds. The molecule has 3 rings (SSSR count). The minimum Gasteiger partial charge on any atom is -0.469 e. The van der Waals surface area contributed by atoms with Gasteiger partial charge in [-0.1, -0.05) is 30.3 Å². The standard InChI is InChI=1S/C21H29N3O2/c25-19-10-8-18(9-11-19)24-21(23-15-13-20-7-4-16-26-20)22-14-12-17-5-2-1-3-6-17/h1-7,16,18-19,25H,8-15H2,(H2,22,23,24). The van der Waals surface area contributed by atoms with E-state index in [1.807, 2.05) is 18.2 Å². The molecule has 1 aliphatic carbocycles. The predicted molar refractivity (Wildman–Crippen MR) is 104 cm³/mol. The van der Waals surface area contributed by atoms with Gasteiger partial charge >= 0.3 is 0 Å². The highest BCUT2D eigenvalue weighted by atomic mass is 16.3. The second-order valence-electron chi connectivity index (χ2n) is 6.87. The fraction of sp³-hybridized carbons (Fsp3) is 0.476. The van der Waals surface area contributed by atoms with E-state index >= 15 is 0 Å². The van der Waals surface area contributed by atoms with Gasteiger partial charge < -0.3 is 20.2 Å². The van der Waals surface area contributed by atoms with Crippen molar-refractivity contribution in [2.24, 2.45) is 4.99 Å². The molecule has 1 aromatic carbocycles. The smallest absolute Gasteiger partial charge is 0.191 e. The Bertz CT molecular complexity index is 647. The molecule has 0 aliphatic heterocycles. The van der Waals surface area contributed by atoms with Crippen LogP contribution in [0.4, 0.5) is 0 Å². The zero-order chi connectivity index (χ0) is 18.0. The molecule has 0 atom stereocenters. The minimum absolute atomic E-state index is 0.140. The number of nitrogens with one attached hydrogen (secondary N) is 2. The Labute approximate surface area is 155 Å². The van der Waals surface area contributed by atoms with Crippen molar-refractivity contribution in [3.05, 3.63) is 60.1 Å². The molecule has 1 heterocycles. The molecule has 0 bridgehead atoms. The van der Waals surface area contributed by atoms with E-state index in [1.54, 1.807) is 6.26 Å². The number of aliphatic hydroxyl groups excluding tert-OH is 1. The lowest BCUT2D eigenvalue weighted by molar-refractivity contribution is 0.120. The van der Waals surface area contributed by atoms with Crippen LogP contribution in [0, 0.1) is 0 Å². The summed E-state index contributed by atoms with van der Waals surface area (Å²) in [5.41, 5.74) is 1.32. The molecule has 1 aliphatic rings. The number of benzene rings is 1. The quantitative estimate of drug-likeness (QED) is 0.528. The van der Waals surface area contributed by atoms with Crippen LogP contribution in [0.1, 0.15) is 37.0 Å². The van der Waals surface area contributed by atoms with Crippen LogP contribution < -0.4 is 10.6 Å². The van der Waals surface area contributed by atoms with Crippen molar-refractivity contribution in [3.8, 4) is 0 Å². The summed E-state index contributed by atoms with van der Waals surface area (Å²) in [4.78, 5) is 4.71. The summed E-state index contributed by atoms with van der Waals surface area (Å²) in [7, 11) is 0. The first-order chi connectivity index (χ1) is 12.8. The fourth-order valence-electron chi connectivity index (χ4n) is 3.27. The molecule has 5 nitrogen and oxygen atoms in total. The van der Waals surface area contributed by atoms with Crippen molar-refractivity contribution in [2.75, 3.05) is 13.1 Å². The Kier molecular flexibility index (Phi) is 7.14. The maximum absolute atomic E-state index is 9.69. The molecule has 0 radical (unpaired) electrons. The third kappa shape index (κ3) is 6.23. The summed E-state index contributed by atoms with van der Waals surface area (Å²) in [5, 5.41) is 16.7. The Morgan fingerprint density at radius 3 is 2.58 bits per heavy atom. The number of hydrogen-bond donors (Lipinski definition) is 3. The van der Waals surface area contributed by atoms with Gasteiger partial charge in [0, 0.05) is 25.6 Å². The van der Waals surface area contributed by atoms with Crippen molar-refractivity contribution < 1.29 is 9.52 Å². The molecule has 5 heteroatoms. The van der Waals surface area contributed by atoms with E-state index in [0.717, 1.165) is 56.8 Å². The van der Waals surface area contributed by atoms with Gasteiger partial charge in [0.1, 0.15) is 5.76 Å². The lowest BCUT2D eigenvalue weighted by atomic mass is 9.93. The zero-order valence-corrected chi connectivity index (χ0v) is 15.2. The molecular formula is C21H29N3O2. The van der Waals surface area contributed by atoms with Gasteiger partial charge in [-0.2, -0.15) is 0 Å². The van der Waals surface area contributed by atoms with Crippen LogP contribution in [0.25, 0.3) is 0 Å². The van der Waals surface area contributed by atoms with Gasteiger partial charge in [-0.25, -0.2) is 0 Å². The molecule has 26 heavy (non-hydrogen) atoms.